The Morgan fingerprint density at radius 3 is 2.45 bits per heavy atom. The van der Waals surface area contributed by atoms with Gasteiger partial charge in [-0.1, -0.05) is 0 Å². The van der Waals surface area contributed by atoms with Crippen LogP contribution in [-0.2, 0) is 4.79 Å². The van der Waals surface area contributed by atoms with Crippen molar-refractivity contribution in [2.24, 2.45) is 0 Å². The number of anilines is 1. The first-order chi connectivity index (χ1) is 9.42. The van der Waals surface area contributed by atoms with Gasteiger partial charge in [-0.3, -0.25) is 4.79 Å². The van der Waals surface area contributed by atoms with Gasteiger partial charge in [-0.25, -0.2) is 14.2 Å². The number of carbonyl (C=O) groups is 2. The van der Waals surface area contributed by atoms with Crippen molar-refractivity contribution in [3.8, 4) is 0 Å². The Morgan fingerprint density at radius 2 is 1.95 bits per heavy atom. The first-order valence-electron chi connectivity index (χ1n) is 6.29. The normalized spacial score (nSPS) is 10.2. The second kappa shape index (κ2) is 6.83. The van der Waals surface area contributed by atoms with Gasteiger partial charge in [0.1, 0.15) is 5.56 Å². The van der Waals surface area contributed by atoms with Crippen LogP contribution in [0.1, 0.15) is 24.2 Å². The van der Waals surface area contributed by atoms with E-state index in [4.69, 9.17) is 5.11 Å². The molecule has 7 heteroatoms. The third-order valence-corrected chi connectivity index (χ3v) is 2.95. The molecule has 1 aromatic rings. The van der Waals surface area contributed by atoms with Crippen LogP contribution < -0.4 is 4.90 Å². The highest BCUT2D eigenvalue weighted by molar-refractivity contribution is 5.89. The first kappa shape index (κ1) is 15.9. The first-order valence-corrected chi connectivity index (χ1v) is 6.29. The summed E-state index contributed by atoms with van der Waals surface area (Å²) in [5.41, 5.74) is -0.461. The number of amides is 1. The van der Waals surface area contributed by atoms with Gasteiger partial charge in [-0.05, 0) is 19.9 Å². The zero-order valence-corrected chi connectivity index (χ0v) is 11.8. The zero-order chi connectivity index (χ0) is 15.3. The maximum atomic E-state index is 14.0. The van der Waals surface area contributed by atoms with E-state index in [1.165, 1.54) is 18.1 Å². The minimum absolute atomic E-state index is 0.0608. The minimum atomic E-state index is -1.37. The molecule has 0 fully saturated rings. The van der Waals surface area contributed by atoms with E-state index in [0.717, 1.165) is 6.07 Å². The van der Waals surface area contributed by atoms with Crippen LogP contribution in [0.5, 0.6) is 0 Å². The molecule has 0 saturated heterocycles. The predicted octanol–water partition coefficient (Wildman–Crippen LogP) is 1.22. The number of hydrogen-bond acceptors (Lipinski definition) is 4. The summed E-state index contributed by atoms with van der Waals surface area (Å²) < 4.78 is 14.0. The number of likely N-dealkylation sites (N-methyl/N-ethyl adjacent to an activating group) is 2. The molecule has 6 nitrogen and oxygen atoms in total. The molecule has 0 aromatic carbocycles. The number of carboxylic acids is 1. The number of nitrogens with zero attached hydrogens (tertiary/aromatic N) is 3. The lowest BCUT2D eigenvalue weighted by Gasteiger charge is -2.24. The number of pyridine rings is 1. The molecular weight excluding hydrogens is 265 g/mol. The summed E-state index contributed by atoms with van der Waals surface area (Å²) in [4.78, 5) is 29.5. The van der Waals surface area contributed by atoms with Crippen molar-refractivity contribution in [1.82, 2.24) is 9.88 Å². The summed E-state index contributed by atoms with van der Waals surface area (Å²) in [5.74, 6) is -2.62. The standard InChI is InChI=1S/C13H18FN3O3/c1-4-17(5-2)10(18)8-16(3)12-11(14)9(13(19)20)6-7-15-12/h6-7H,4-5,8H2,1-3H3,(H,19,20). The molecule has 0 aliphatic rings. The topological polar surface area (TPSA) is 73.7 Å². The van der Waals surface area contributed by atoms with Crippen LogP contribution >= 0.6 is 0 Å². The molecule has 1 N–H and O–H groups in total. The fraction of sp³-hybridized carbons (Fsp3) is 0.462. The van der Waals surface area contributed by atoms with E-state index >= 15 is 0 Å². The molecule has 1 rings (SSSR count). The van der Waals surface area contributed by atoms with E-state index in [-0.39, 0.29) is 18.3 Å². The van der Waals surface area contributed by atoms with E-state index in [9.17, 15) is 14.0 Å². The van der Waals surface area contributed by atoms with Gasteiger partial charge in [0.2, 0.25) is 5.91 Å². The van der Waals surface area contributed by atoms with Gasteiger partial charge in [0.15, 0.2) is 11.6 Å². The number of aromatic nitrogens is 1. The number of rotatable bonds is 6. The summed E-state index contributed by atoms with van der Waals surface area (Å²) in [6.07, 6.45) is 1.21. The average molecular weight is 283 g/mol. The molecule has 1 amide bonds. The maximum Gasteiger partial charge on any atom is 0.338 e. The Balaban J connectivity index is 2.93. The molecule has 0 spiro atoms. The van der Waals surface area contributed by atoms with Gasteiger partial charge in [-0.2, -0.15) is 0 Å². The van der Waals surface area contributed by atoms with E-state index in [2.05, 4.69) is 4.98 Å². The summed E-state index contributed by atoms with van der Waals surface area (Å²) in [7, 11) is 1.50. The summed E-state index contributed by atoms with van der Waals surface area (Å²) in [5, 5.41) is 8.86. The smallest absolute Gasteiger partial charge is 0.338 e. The Labute approximate surface area is 116 Å². The Hall–Kier alpha value is -2.18. The van der Waals surface area contributed by atoms with Gasteiger partial charge >= 0.3 is 5.97 Å². The predicted molar refractivity (Wildman–Crippen MR) is 72.4 cm³/mol. The number of hydrogen-bond donors (Lipinski definition) is 1. The van der Waals surface area contributed by atoms with Crippen LogP contribution in [-0.4, -0.2) is 53.5 Å². The van der Waals surface area contributed by atoms with Crippen LogP contribution in [0.2, 0.25) is 0 Å². The Bertz CT molecular complexity index is 504. The fourth-order valence-electron chi connectivity index (χ4n) is 1.82. The van der Waals surface area contributed by atoms with Crippen LogP contribution in [0.4, 0.5) is 10.2 Å². The lowest BCUT2D eigenvalue weighted by molar-refractivity contribution is -0.129. The number of carbonyl (C=O) groups excluding carboxylic acids is 1. The highest BCUT2D eigenvalue weighted by Gasteiger charge is 2.20. The second-order valence-electron chi connectivity index (χ2n) is 4.22. The zero-order valence-electron chi connectivity index (χ0n) is 11.8. The summed E-state index contributed by atoms with van der Waals surface area (Å²) >= 11 is 0. The van der Waals surface area contributed by atoms with Crippen molar-refractivity contribution < 1.29 is 19.1 Å². The van der Waals surface area contributed by atoms with E-state index in [1.807, 2.05) is 13.8 Å². The van der Waals surface area contributed by atoms with Crippen LogP contribution in [0.25, 0.3) is 0 Å². The molecule has 0 aliphatic carbocycles. The molecule has 0 aliphatic heterocycles. The quantitative estimate of drug-likeness (QED) is 0.850. The van der Waals surface area contributed by atoms with E-state index in [0.29, 0.717) is 13.1 Å². The molecule has 110 valence electrons. The average Bonchev–Trinajstić information content (AvgIpc) is 2.39. The Kier molecular flexibility index (Phi) is 5.42. The van der Waals surface area contributed by atoms with E-state index < -0.39 is 17.3 Å². The molecule has 0 atom stereocenters. The van der Waals surface area contributed by atoms with Gasteiger partial charge in [0, 0.05) is 26.3 Å². The SMILES string of the molecule is CCN(CC)C(=O)CN(C)c1nccc(C(=O)O)c1F. The lowest BCUT2D eigenvalue weighted by Crippen LogP contribution is -2.39. The third kappa shape index (κ3) is 3.43. The van der Waals surface area contributed by atoms with E-state index in [1.54, 1.807) is 4.90 Å². The monoisotopic (exact) mass is 283 g/mol. The molecule has 0 unspecified atom stereocenters. The van der Waals surface area contributed by atoms with Crippen LogP contribution in [0.3, 0.4) is 0 Å². The molecule has 0 bridgehead atoms. The third-order valence-electron chi connectivity index (χ3n) is 2.95. The number of carboxylic acid groups (broad SMARTS) is 1. The number of halogens is 1. The molecule has 0 radical (unpaired) electrons. The largest absolute Gasteiger partial charge is 0.478 e. The molecule has 0 saturated carbocycles. The number of aromatic carboxylic acids is 1. The summed E-state index contributed by atoms with van der Waals surface area (Å²) in [6, 6.07) is 1.08. The van der Waals surface area contributed by atoms with Crippen molar-refractivity contribution >= 4 is 17.7 Å². The van der Waals surface area contributed by atoms with Crippen molar-refractivity contribution in [2.45, 2.75) is 13.8 Å². The van der Waals surface area contributed by atoms with Crippen LogP contribution in [0.15, 0.2) is 12.3 Å². The van der Waals surface area contributed by atoms with Gasteiger partial charge in [0.05, 0.1) is 6.54 Å². The van der Waals surface area contributed by atoms with Crippen molar-refractivity contribution in [3.05, 3.63) is 23.6 Å². The maximum absolute atomic E-state index is 14.0. The van der Waals surface area contributed by atoms with Gasteiger partial charge in [0.25, 0.3) is 0 Å². The highest BCUT2D eigenvalue weighted by Crippen LogP contribution is 2.18. The van der Waals surface area contributed by atoms with Crippen LogP contribution in [0, 0.1) is 5.82 Å². The fourth-order valence-corrected chi connectivity index (χ4v) is 1.82. The highest BCUT2D eigenvalue weighted by atomic mass is 19.1. The second-order valence-corrected chi connectivity index (χ2v) is 4.22. The molecule has 1 aromatic heterocycles. The van der Waals surface area contributed by atoms with Crippen molar-refractivity contribution in [2.75, 3.05) is 31.6 Å². The summed E-state index contributed by atoms with van der Waals surface area (Å²) in [6.45, 7) is 4.77. The molecular formula is C13H18FN3O3. The van der Waals surface area contributed by atoms with Gasteiger partial charge < -0.3 is 14.9 Å². The van der Waals surface area contributed by atoms with Crippen molar-refractivity contribution in [3.63, 3.8) is 0 Å². The molecule has 20 heavy (non-hydrogen) atoms. The minimum Gasteiger partial charge on any atom is -0.478 e. The lowest BCUT2D eigenvalue weighted by atomic mass is 10.2. The Morgan fingerprint density at radius 1 is 1.35 bits per heavy atom. The van der Waals surface area contributed by atoms with Gasteiger partial charge in [-0.15, -0.1) is 0 Å². The molecule has 1 heterocycles. The van der Waals surface area contributed by atoms with Crippen molar-refractivity contribution in [1.29, 1.82) is 0 Å².